The number of amides is 2. The second-order valence-electron chi connectivity index (χ2n) is 9.58. The standard InChI is InChI=1S/C27H34N2O5/c1-5-33-26(32)34-23-12-8-20(9-13-23)24(30)28-18-19-14-16-29(17-15-19)25(31)21-6-10-22(11-7-21)27(2,3)4/h6-13,19H,5,14-18H2,1-4H3,(H,28,30). The Balaban J connectivity index is 1.44. The molecule has 1 N–H and O–H groups in total. The van der Waals surface area contributed by atoms with Gasteiger partial charge in [-0.1, -0.05) is 32.9 Å². The highest BCUT2D eigenvalue weighted by molar-refractivity contribution is 5.95. The highest BCUT2D eigenvalue weighted by atomic mass is 16.7. The lowest BCUT2D eigenvalue weighted by atomic mass is 9.86. The summed E-state index contributed by atoms with van der Waals surface area (Å²) in [6.07, 6.45) is 0.919. The fraction of sp³-hybridized carbons (Fsp3) is 0.444. The van der Waals surface area contributed by atoms with Crippen LogP contribution in [0.25, 0.3) is 0 Å². The van der Waals surface area contributed by atoms with Crippen LogP contribution in [0.4, 0.5) is 4.79 Å². The van der Waals surface area contributed by atoms with Gasteiger partial charge in [-0.2, -0.15) is 0 Å². The third-order valence-corrected chi connectivity index (χ3v) is 6.03. The summed E-state index contributed by atoms with van der Waals surface area (Å²) in [6.45, 7) is 10.3. The number of benzene rings is 2. The van der Waals surface area contributed by atoms with Gasteiger partial charge >= 0.3 is 6.16 Å². The maximum Gasteiger partial charge on any atom is 0.513 e. The first kappa shape index (κ1) is 25.3. The van der Waals surface area contributed by atoms with Crippen molar-refractivity contribution in [2.75, 3.05) is 26.2 Å². The van der Waals surface area contributed by atoms with E-state index in [-0.39, 0.29) is 23.8 Å². The van der Waals surface area contributed by atoms with E-state index in [4.69, 9.17) is 9.47 Å². The zero-order valence-electron chi connectivity index (χ0n) is 20.4. The summed E-state index contributed by atoms with van der Waals surface area (Å²) < 4.78 is 9.73. The summed E-state index contributed by atoms with van der Waals surface area (Å²) >= 11 is 0. The number of hydrogen-bond acceptors (Lipinski definition) is 5. The van der Waals surface area contributed by atoms with Gasteiger partial charge in [-0.3, -0.25) is 9.59 Å². The lowest BCUT2D eigenvalue weighted by Crippen LogP contribution is -2.41. The minimum absolute atomic E-state index is 0.0583. The Labute approximate surface area is 201 Å². The molecule has 1 fully saturated rings. The maximum absolute atomic E-state index is 12.9. The minimum atomic E-state index is -0.772. The average Bonchev–Trinajstić information content (AvgIpc) is 2.82. The molecule has 7 heteroatoms. The zero-order chi connectivity index (χ0) is 24.7. The van der Waals surface area contributed by atoms with Gasteiger partial charge in [-0.05, 0) is 73.1 Å². The van der Waals surface area contributed by atoms with E-state index in [9.17, 15) is 14.4 Å². The molecule has 182 valence electrons. The summed E-state index contributed by atoms with van der Waals surface area (Å²) in [6, 6.07) is 14.2. The summed E-state index contributed by atoms with van der Waals surface area (Å²) in [5.74, 6) is 0.524. The van der Waals surface area contributed by atoms with E-state index in [1.807, 2.05) is 29.2 Å². The Morgan fingerprint density at radius 3 is 2.09 bits per heavy atom. The average molecular weight is 467 g/mol. The number of nitrogens with zero attached hydrogens (tertiary/aromatic N) is 1. The summed E-state index contributed by atoms with van der Waals surface area (Å²) in [5, 5.41) is 2.97. The molecule has 1 heterocycles. The number of piperidine rings is 1. The highest BCUT2D eigenvalue weighted by Crippen LogP contribution is 2.24. The van der Waals surface area contributed by atoms with Crippen LogP contribution >= 0.6 is 0 Å². The number of hydrogen-bond donors (Lipinski definition) is 1. The third-order valence-electron chi connectivity index (χ3n) is 6.03. The van der Waals surface area contributed by atoms with Crippen LogP contribution in [-0.4, -0.2) is 49.1 Å². The molecular weight excluding hydrogens is 432 g/mol. The Bertz CT molecular complexity index is 985. The molecule has 0 saturated carbocycles. The number of carbonyl (C=O) groups is 3. The second-order valence-corrected chi connectivity index (χ2v) is 9.58. The summed E-state index contributed by atoms with van der Waals surface area (Å²) in [7, 11) is 0. The van der Waals surface area contributed by atoms with E-state index in [1.54, 1.807) is 31.2 Å². The molecule has 1 saturated heterocycles. The monoisotopic (exact) mass is 466 g/mol. The number of carbonyl (C=O) groups excluding carboxylic acids is 3. The third kappa shape index (κ3) is 6.83. The molecule has 34 heavy (non-hydrogen) atoms. The van der Waals surface area contributed by atoms with Crippen molar-refractivity contribution >= 4 is 18.0 Å². The summed E-state index contributed by atoms with van der Waals surface area (Å²) in [5.41, 5.74) is 2.47. The lowest BCUT2D eigenvalue weighted by Gasteiger charge is -2.32. The first-order valence-corrected chi connectivity index (χ1v) is 11.8. The molecule has 0 atom stereocenters. The van der Waals surface area contributed by atoms with Crippen LogP contribution in [0.5, 0.6) is 5.75 Å². The lowest BCUT2D eigenvalue weighted by molar-refractivity contribution is 0.0684. The van der Waals surface area contributed by atoms with Crippen molar-refractivity contribution in [1.82, 2.24) is 10.2 Å². The van der Waals surface area contributed by atoms with Crippen molar-refractivity contribution in [2.24, 2.45) is 5.92 Å². The molecule has 3 rings (SSSR count). The van der Waals surface area contributed by atoms with Crippen LogP contribution in [0.2, 0.25) is 0 Å². The van der Waals surface area contributed by atoms with Gasteiger partial charge < -0.3 is 19.7 Å². The van der Waals surface area contributed by atoms with E-state index in [0.29, 0.717) is 36.9 Å². The molecule has 0 unspecified atom stereocenters. The molecule has 1 aliphatic rings. The fourth-order valence-electron chi connectivity index (χ4n) is 3.89. The van der Waals surface area contributed by atoms with E-state index in [1.165, 1.54) is 5.56 Å². The first-order chi connectivity index (χ1) is 16.2. The van der Waals surface area contributed by atoms with Gasteiger partial charge in [-0.15, -0.1) is 0 Å². The minimum Gasteiger partial charge on any atom is -0.434 e. The van der Waals surface area contributed by atoms with Crippen molar-refractivity contribution in [1.29, 1.82) is 0 Å². The Morgan fingerprint density at radius 1 is 0.941 bits per heavy atom. The number of likely N-dealkylation sites (tertiary alicyclic amines) is 1. The molecule has 7 nitrogen and oxygen atoms in total. The van der Waals surface area contributed by atoms with Gasteiger partial charge in [0.05, 0.1) is 6.61 Å². The van der Waals surface area contributed by atoms with Gasteiger partial charge in [0.1, 0.15) is 5.75 Å². The van der Waals surface area contributed by atoms with Crippen molar-refractivity contribution in [3.05, 3.63) is 65.2 Å². The van der Waals surface area contributed by atoms with Crippen LogP contribution in [0.1, 0.15) is 66.8 Å². The van der Waals surface area contributed by atoms with E-state index < -0.39 is 6.16 Å². The van der Waals surface area contributed by atoms with Crippen molar-refractivity contribution in [2.45, 2.75) is 46.0 Å². The SMILES string of the molecule is CCOC(=O)Oc1ccc(C(=O)NCC2CCN(C(=O)c3ccc(C(C)(C)C)cc3)CC2)cc1. The molecule has 0 aromatic heterocycles. The second kappa shape index (κ2) is 11.2. The van der Waals surface area contributed by atoms with Crippen LogP contribution in [0.3, 0.4) is 0 Å². The predicted molar refractivity (Wildman–Crippen MR) is 130 cm³/mol. The van der Waals surface area contributed by atoms with Crippen molar-refractivity contribution < 1.29 is 23.9 Å². The van der Waals surface area contributed by atoms with Crippen molar-refractivity contribution in [3.8, 4) is 5.75 Å². The van der Waals surface area contributed by atoms with Crippen LogP contribution < -0.4 is 10.1 Å². The highest BCUT2D eigenvalue weighted by Gasteiger charge is 2.24. The molecule has 1 aliphatic heterocycles. The largest absolute Gasteiger partial charge is 0.513 e. The molecular formula is C27H34N2O5. The van der Waals surface area contributed by atoms with Gasteiger partial charge in [0, 0.05) is 30.8 Å². The van der Waals surface area contributed by atoms with Gasteiger partial charge in [0.15, 0.2) is 0 Å². The molecule has 0 spiro atoms. The van der Waals surface area contributed by atoms with Gasteiger partial charge in [-0.25, -0.2) is 4.79 Å². The number of rotatable bonds is 6. The number of ether oxygens (including phenoxy) is 2. The molecule has 0 radical (unpaired) electrons. The van der Waals surface area contributed by atoms with Crippen molar-refractivity contribution in [3.63, 3.8) is 0 Å². The molecule has 2 aromatic rings. The smallest absolute Gasteiger partial charge is 0.434 e. The van der Waals surface area contributed by atoms with E-state index >= 15 is 0 Å². The Morgan fingerprint density at radius 2 is 1.53 bits per heavy atom. The molecule has 0 aliphatic carbocycles. The van der Waals surface area contributed by atoms with Gasteiger partial charge in [0.2, 0.25) is 0 Å². The first-order valence-electron chi connectivity index (χ1n) is 11.8. The van der Waals surface area contributed by atoms with Crippen LogP contribution in [-0.2, 0) is 10.2 Å². The zero-order valence-corrected chi connectivity index (χ0v) is 20.4. The van der Waals surface area contributed by atoms with E-state index in [0.717, 1.165) is 18.4 Å². The Kier molecular flexibility index (Phi) is 8.31. The topological polar surface area (TPSA) is 84.9 Å². The van der Waals surface area contributed by atoms with Crippen LogP contribution in [0.15, 0.2) is 48.5 Å². The molecule has 2 aromatic carbocycles. The van der Waals surface area contributed by atoms with Crippen LogP contribution in [0, 0.1) is 5.92 Å². The molecule has 0 bridgehead atoms. The van der Waals surface area contributed by atoms with E-state index in [2.05, 4.69) is 26.1 Å². The maximum atomic E-state index is 12.9. The summed E-state index contributed by atoms with van der Waals surface area (Å²) in [4.78, 5) is 38.6. The Hall–Kier alpha value is -3.35. The normalized spacial score (nSPS) is 14.4. The quantitative estimate of drug-likeness (QED) is 0.488. The van der Waals surface area contributed by atoms with Gasteiger partial charge in [0.25, 0.3) is 11.8 Å². The fourth-order valence-corrected chi connectivity index (χ4v) is 3.89. The number of nitrogens with one attached hydrogen (secondary N) is 1. The predicted octanol–water partition coefficient (Wildman–Crippen LogP) is 4.80. The molecule has 2 amide bonds.